The number of nitro groups is 1. The van der Waals surface area contributed by atoms with E-state index in [1.54, 1.807) is 6.08 Å². The molecule has 0 aromatic carbocycles. The minimum absolute atomic E-state index is 0.0473. The van der Waals surface area contributed by atoms with E-state index in [4.69, 9.17) is 4.74 Å². The number of hydrogen-bond acceptors (Lipinski definition) is 4. The molecule has 0 aliphatic carbocycles. The Bertz CT molecular complexity index is 468. The number of hydrogen-bond donors (Lipinski definition) is 0. The maximum Gasteiger partial charge on any atom is 0.276 e. The Morgan fingerprint density at radius 3 is 2.65 bits per heavy atom. The van der Waals surface area contributed by atoms with Crippen LogP contribution in [0.5, 0.6) is 0 Å². The lowest BCUT2D eigenvalue weighted by atomic mass is 10.1. The van der Waals surface area contributed by atoms with Gasteiger partial charge in [-0.15, -0.1) is 6.58 Å². The van der Waals surface area contributed by atoms with Gasteiger partial charge in [-0.1, -0.05) is 6.08 Å². The summed E-state index contributed by atoms with van der Waals surface area (Å²) in [6.07, 6.45) is 3.88. The van der Waals surface area contributed by atoms with Crippen molar-refractivity contribution in [1.29, 1.82) is 0 Å². The molecule has 0 N–H and O–H groups in total. The number of guanidine groups is 1. The highest BCUT2D eigenvalue weighted by atomic mass is 16.7. The highest BCUT2D eigenvalue weighted by molar-refractivity contribution is 5.80. The van der Waals surface area contributed by atoms with Gasteiger partial charge < -0.3 is 14.5 Å². The van der Waals surface area contributed by atoms with E-state index in [9.17, 15) is 10.1 Å². The summed E-state index contributed by atoms with van der Waals surface area (Å²) in [4.78, 5) is 17.1. The Hall–Kier alpha value is -1.67. The first-order valence-electron chi connectivity index (χ1n) is 8.01. The van der Waals surface area contributed by atoms with Crippen molar-refractivity contribution in [3.05, 3.63) is 22.8 Å². The second kappa shape index (κ2) is 7.27. The zero-order chi connectivity index (χ0) is 17.0. The normalized spacial score (nSPS) is 25.2. The standard InChI is InChI=1S/C15H27N5O3/c1-5-8-17-11-19(15(2,3)4)12-18(14(17)16-20(21)22)10-13-7-6-9-23-13/h5,13H,1,6-12H2,2-4H3. The number of rotatable bonds is 5. The van der Waals surface area contributed by atoms with E-state index in [0.717, 1.165) is 19.4 Å². The fraction of sp³-hybridized carbons (Fsp3) is 0.800. The van der Waals surface area contributed by atoms with Gasteiger partial charge in [-0.3, -0.25) is 4.90 Å². The van der Waals surface area contributed by atoms with Gasteiger partial charge in [-0.25, -0.2) is 10.1 Å². The summed E-state index contributed by atoms with van der Waals surface area (Å²) in [5.41, 5.74) is -0.0473. The van der Waals surface area contributed by atoms with Gasteiger partial charge in [0.05, 0.1) is 19.4 Å². The summed E-state index contributed by atoms with van der Waals surface area (Å²) in [5.74, 6) is 0.394. The van der Waals surface area contributed by atoms with E-state index >= 15 is 0 Å². The van der Waals surface area contributed by atoms with Gasteiger partial charge in [0.15, 0.2) is 5.03 Å². The van der Waals surface area contributed by atoms with Crippen LogP contribution in [-0.2, 0) is 4.74 Å². The Kier molecular flexibility index (Phi) is 5.59. The Balaban J connectivity index is 2.25. The Morgan fingerprint density at radius 2 is 2.13 bits per heavy atom. The largest absolute Gasteiger partial charge is 0.376 e. The second-order valence-corrected chi connectivity index (χ2v) is 7.00. The molecule has 2 heterocycles. The van der Waals surface area contributed by atoms with Crippen molar-refractivity contribution in [2.24, 2.45) is 5.10 Å². The van der Waals surface area contributed by atoms with Crippen LogP contribution >= 0.6 is 0 Å². The monoisotopic (exact) mass is 325 g/mol. The molecule has 0 saturated carbocycles. The van der Waals surface area contributed by atoms with Gasteiger partial charge in [0, 0.05) is 25.2 Å². The van der Waals surface area contributed by atoms with Crippen LogP contribution in [0.1, 0.15) is 33.6 Å². The Morgan fingerprint density at radius 1 is 1.43 bits per heavy atom. The molecular weight excluding hydrogens is 298 g/mol. The lowest BCUT2D eigenvalue weighted by molar-refractivity contribution is -0.486. The maximum absolute atomic E-state index is 11.0. The van der Waals surface area contributed by atoms with E-state index in [1.165, 1.54) is 0 Å². The predicted molar refractivity (Wildman–Crippen MR) is 88.3 cm³/mol. The van der Waals surface area contributed by atoms with Crippen molar-refractivity contribution < 1.29 is 9.77 Å². The SMILES string of the molecule is C=CCN1CN(C(C)(C)C)CN(CC2CCCO2)C1=N[N+](=O)[O-]. The number of hydrazone groups is 1. The fourth-order valence-electron chi connectivity index (χ4n) is 2.88. The molecule has 2 saturated heterocycles. The molecule has 130 valence electrons. The van der Waals surface area contributed by atoms with Crippen LogP contribution in [0.4, 0.5) is 0 Å². The van der Waals surface area contributed by atoms with Gasteiger partial charge in [0.2, 0.25) is 0 Å². The van der Waals surface area contributed by atoms with Crippen LogP contribution < -0.4 is 0 Å². The molecule has 8 nitrogen and oxygen atoms in total. The Labute approximate surface area is 137 Å². The predicted octanol–water partition coefficient (Wildman–Crippen LogP) is 1.53. The minimum Gasteiger partial charge on any atom is -0.376 e. The van der Waals surface area contributed by atoms with Crippen LogP contribution in [0.25, 0.3) is 0 Å². The molecule has 8 heteroatoms. The summed E-state index contributed by atoms with van der Waals surface area (Å²) in [6.45, 7) is 13.3. The van der Waals surface area contributed by atoms with Gasteiger partial charge in [-0.05, 0) is 33.6 Å². The molecular formula is C15H27N5O3. The van der Waals surface area contributed by atoms with Crippen LogP contribution in [0.3, 0.4) is 0 Å². The average molecular weight is 325 g/mol. The molecule has 2 rings (SSSR count). The van der Waals surface area contributed by atoms with Gasteiger partial charge in [0.1, 0.15) is 5.10 Å². The molecule has 0 radical (unpaired) electrons. The lowest BCUT2D eigenvalue weighted by Crippen LogP contribution is -2.63. The van der Waals surface area contributed by atoms with Crippen molar-refractivity contribution in [3.63, 3.8) is 0 Å². The van der Waals surface area contributed by atoms with Crippen molar-refractivity contribution in [2.45, 2.75) is 45.3 Å². The molecule has 2 aliphatic heterocycles. The van der Waals surface area contributed by atoms with Crippen LogP contribution in [-0.4, -0.2) is 70.4 Å². The van der Waals surface area contributed by atoms with Crippen molar-refractivity contribution in [2.75, 3.05) is 33.0 Å². The summed E-state index contributed by atoms with van der Waals surface area (Å²) >= 11 is 0. The van der Waals surface area contributed by atoms with Gasteiger partial charge >= 0.3 is 0 Å². The van der Waals surface area contributed by atoms with Gasteiger partial charge in [-0.2, -0.15) is 0 Å². The number of ether oxygens (including phenoxy) is 1. The smallest absolute Gasteiger partial charge is 0.276 e. The summed E-state index contributed by atoms with van der Waals surface area (Å²) in [6, 6.07) is 0. The third-order valence-electron chi connectivity index (χ3n) is 4.17. The van der Waals surface area contributed by atoms with Crippen molar-refractivity contribution in [1.82, 2.24) is 14.7 Å². The number of nitrogens with zero attached hydrogens (tertiary/aromatic N) is 5. The van der Waals surface area contributed by atoms with E-state index in [1.807, 2.05) is 9.80 Å². The maximum atomic E-state index is 11.0. The van der Waals surface area contributed by atoms with Crippen molar-refractivity contribution >= 4 is 5.96 Å². The van der Waals surface area contributed by atoms with E-state index < -0.39 is 5.03 Å². The fourth-order valence-corrected chi connectivity index (χ4v) is 2.88. The molecule has 0 bridgehead atoms. The van der Waals surface area contributed by atoms with Crippen LogP contribution in [0.15, 0.2) is 17.8 Å². The summed E-state index contributed by atoms with van der Waals surface area (Å²) in [7, 11) is 0. The lowest BCUT2D eigenvalue weighted by Gasteiger charge is -2.48. The molecule has 0 amide bonds. The zero-order valence-corrected chi connectivity index (χ0v) is 14.3. The zero-order valence-electron chi connectivity index (χ0n) is 14.3. The third-order valence-corrected chi connectivity index (χ3v) is 4.17. The highest BCUT2D eigenvalue weighted by Crippen LogP contribution is 2.22. The second-order valence-electron chi connectivity index (χ2n) is 7.00. The van der Waals surface area contributed by atoms with Crippen LogP contribution in [0.2, 0.25) is 0 Å². The molecule has 0 spiro atoms. The molecule has 1 unspecified atom stereocenters. The first-order valence-corrected chi connectivity index (χ1v) is 8.01. The summed E-state index contributed by atoms with van der Waals surface area (Å²) < 4.78 is 5.70. The molecule has 2 aliphatic rings. The molecule has 0 aromatic heterocycles. The minimum atomic E-state index is -0.624. The van der Waals surface area contributed by atoms with Crippen LogP contribution in [0, 0.1) is 10.1 Å². The van der Waals surface area contributed by atoms with Gasteiger partial charge in [0.25, 0.3) is 5.96 Å². The molecule has 2 fully saturated rings. The molecule has 23 heavy (non-hydrogen) atoms. The third kappa shape index (κ3) is 4.65. The highest BCUT2D eigenvalue weighted by Gasteiger charge is 2.36. The summed E-state index contributed by atoms with van der Waals surface area (Å²) in [5, 5.41) is 14.0. The van der Waals surface area contributed by atoms with Crippen molar-refractivity contribution in [3.8, 4) is 0 Å². The first kappa shape index (κ1) is 17.7. The molecule has 1 atom stereocenters. The quantitative estimate of drug-likeness (QED) is 0.433. The van der Waals surface area contributed by atoms with E-state index in [0.29, 0.717) is 32.4 Å². The first-order chi connectivity index (χ1) is 10.8. The molecule has 0 aromatic rings. The van der Waals surface area contributed by atoms with E-state index in [-0.39, 0.29) is 11.6 Å². The topological polar surface area (TPSA) is 74.5 Å². The average Bonchev–Trinajstić information content (AvgIpc) is 2.93. The van der Waals surface area contributed by atoms with E-state index in [2.05, 4.69) is 37.4 Å².